The molecule has 0 fully saturated rings. The van der Waals surface area contributed by atoms with Crippen molar-refractivity contribution in [2.75, 3.05) is 6.61 Å². The van der Waals surface area contributed by atoms with E-state index in [2.05, 4.69) is 4.74 Å². The van der Waals surface area contributed by atoms with Crippen LogP contribution in [0.15, 0.2) is 24.3 Å². The van der Waals surface area contributed by atoms with E-state index in [0.717, 1.165) is 0 Å². The van der Waals surface area contributed by atoms with Gasteiger partial charge in [0.2, 0.25) is 0 Å². The SMILES string of the molecule is CCOC(=O)C(N)CC(=O)Cc1ccccc1F. The van der Waals surface area contributed by atoms with Crippen molar-refractivity contribution >= 4 is 11.8 Å². The molecule has 1 aromatic carbocycles. The Balaban J connectivity index is 2.52. The van der Waals surface area contributed by atoms with Crippen LogP contribution in [-0.4, -0.2) is 24.4 Å². The Bertz CT molecular complexity index is 434. The summed E-state index contributed by atoms with van der Waals surface area (Å²) in [5, 5.41) is 0. The van der Waals surface area contributed by atoms with Crippen molar-refractivity contribution in [2.24, 2.45) is 5.73 Å². The lowest BCUT2D eigenvalue weighted by Gasteiger charge is -2.09. The number of esters is 1. The maximum Gasteiger partial charge on any atom is 0.323 e. The highest BCUT2D eigenvalue weighted by molar-refractivity contribution is 5.87. The van der Waals surface area contributed by atoms with Crippen LogP contribution < -0.4 is 5.73 Å². The number of nitrogens with two attached hydrogens (primary N) is 1. The number of ether oxygens (including phenoxy) is 1. The molecule has 0 amide bonds. The van der Waals surface area contributed by atoms with Crippen LogP contribution in [0.1, 0.15) is 18.9 Å². The van der Waals surface area contributed by atoms with E-state index >= 15 is 0 Å². The molecule has 18 heavy (non-hydrogen) atoms. The highest BCUT2D eigenvalue weighted by Crippen LogP contribution is 2.09. The number of carbonyl (C=O) groups excluding carboxylic acids is 2. The molecular formula is C13H16FNO3. The largest absolute Gasteiger partial charge is 0.465 e. The third-order valence-corrected chi connectivity index (χ3v) is 2.38. The smallest absolute Gasteiger partial charge is 0.323 e. The van der Waals surface area contributed by atoms with Crippen molar-refractivity contribution in [3.63, 3.8) is 0 Å². The normalized spacial score (nSPS) is 11.9. The van der Waals surface area contributed by atoms with Gasteiger partial charge in [-0.3, -0.25) is 9.59 Å². The number of hydrogen-bond donors (Lipinski definition) is 1. The number of halogens is 1. The van der Waals surface area contributed by atoms with Crippen LogP contribution in [0.2, 0.25) is 0 Å². The molecule has 98 valence electrons. The number of hydrogen-bond acceptors (Lipinski definition) is 4. The van der Waals surface area contributed by atoms with Crippen LogP contribution >= 0.6 is 0 Å². The second-order valence-corrected chi connectivity index (χ2v) is 3.87. The van der Waals surface area contributed by atoms with Crippen molar-refractivity contribution < 1.29 is 18.7 Å². The summed E-state index contributed by atoms with van der Waals surface area (Å²) in [7, 11) is 0. The maximum atomic E-state index is 13.3. The summed E-state index contributed by atoms with van der Waals surface area (Å²) >= 11 is 0. The Morgan fingerprint density at radius 2 is 2.06 bits per heavy atom. The lowest BCUT2D eigenvalue weighted by molar-refractivity contribution is -0.146. The van der Waals surface area contributed by atoms with Crippen molar-refractivity contribution in [1.82, 2.24) is 0 Å². The average molecular weight is 253 g/mol. The van der Waals surface area contributed by atoms with Crippen LogP contribution in [0.5, 0.6) is 0 Å². The molecule has 0 aliphatic heterocycles. The molecule has 1 rings (SSSR count). The van der Waals surface area contributed by atoms with E-state index in [1.54, 1.807) is 19.1 Å². The average Bonchev–Trinajstić information content (AvgIpc) is 2.32. The zero-order valence-electron chi connectivity index (χ0n) is 10.2. The van der Waals surface area contributed by atoms with Crippen molar-refractivity contribution in [1.29, 1.82) is 0 Å². The molecule has 0 bridgehead atoms. The zero-order chi connectivity index (χ0) is 13.5. The third kappa shape index (κ3) is 4.25. The van der Waals surface area contributed by atoms with Crippen LogP contribution in [-0.2, 0) is 20.7 Å². The van der Waals surface area contributed by atoms with Crippen LogP contribution in [0.4, 0.5) is 4.39 Å². The molecule has 1 atom stereocenters. The van der Waals surface area contributed by atoms with Crippen molar-refractivity contribution in [3.05, 3.63) is 35.6 Å². The molecule has 1 unspecified atom stereocenters. The van der Waals surface area contributed by atoms with Gasteiger partial charge in [0.1, 0.15) is 17.6 Å². The maximum absolute atomic E-state index is 13.3. The summed E-state index contributed by atoms with van der Waals surface area (Å²) in [5.41, 5.74) is 5.81. The van der Waals surface area contributed by atoms with E-state index in [4.69, 9.17) is 5.73 Å². The summed E-state index contributed by atoms with van der Waals surface area (Å²) in [6.45, 7) is 1.87. The summed E-state index contributed by atoms with van der Waals surface area (Å²) in [6, 6.07) is 5.03. The monoisotopic (exact) mass is 253 g/mol. The first-order valence-electron chi connectivity index (χ1n) is 5.72. The quantitative estimate of drug-likeness (QED) is 0.774. The second kappa shape index (κ2) is 6.86. The lowest BCUT2D eigenvalue weighted by atomic mass is 10.0. The molecule has 0 aromatic heterocycles. The standard InChI is InChI=1S/C13H16FNO3/c1-2-18-13(17)12(15)8-10(16)7-9-5-3-4-6-11(9)14/h3-6,12H,2,7-8,15H2,1H3. The predicted octanol–water partition coefficient (Wildman–Crippen LogP) is 1.22. The zero-order valence-corrected chi connectivity index (χ0v) is 10.2. The minimum absolute atomic E-state index is 0.0697. The van der Waals surface area contributed by atoms with Gasteiger partial charge in [-0.2, -0.15) is 0 Å². The molecule has 0 spiro atoms. The van der Waals surface area contributed by atoms with Crippen LogP contribution in [0, 0.1) is 5.82 Å². The van der Waals surface area contributed by atoms with Gasteiger partial charge in [-0.05, 0) is 18.6 Å². The van der Waals surface area contributed by atoms with Gasteiger partial charge in [-0.1, -0.05) is 18.2 Å². The first-order chi connectivity index (χ1) is 8.54. The Hall–Kier alpha value is -1.75. The van der Waals surface area contributed by atoms with Gasteiger partial charge in [0.05, 0.1) is 6.61 Å². The minimum atomic E-state index is -0.982. The predicted molar refractivity (Wildman–Crippen MR) is 64.3 cm³/mol. The van der Waals surface area contributed by atoms with Gasteiger partial charge in [-0.25, -0.2) is 4.39 Å². The number of benzene rings is 1. The fraction of sp³-hybridized carbons (Fsp3) is 0.385. The molecule has 0 saturated heterocycles. The summed E-state index contributed by atoms with van der Waals surface area (Å²) in [5.74, 6) is -1.34. The Morgan fingerprint density at radius 1 is 1.39 bits per heavy atom. The van der Waals surface area contributed by atoms with Crippen LogP contribution in [0.3, 0.4) is 0 Å². The van der Waals surface area contributed by atoms with E-state index in [0.29, 0.717) is 5.56 Å². The number of ketones is 1. The molecule has 0 heterocycles. The highest BCUT2D eigenvalue weighted by Gasteiger charge is 2.19. The molecule has 5 heteroatoms. The molecule has 0 aliphatic rings. The van der Waals surface area contributed by atoms with Gasteiger partial charge in [-0.15, -0.1) is 0 Å². The van der Waals surface area contributed by atoms with Crippen molar-refractivity contribution in [3.8, 4) is 0 Å². The van der Waals surface area contributed by atoms with Gasteiger partial charge < -0.3 is 10.5 Å². The van der Waals surface area contributed by atoms with E-state index in [9.17, 15) is 14.0 Å². The number of Topliss-reactive ketones (excluding diaryl/α,β-unsaturated/α-hetero) is 1. The molecular weight excluding hydrogens is 237 g/mol. The highest BCUT2D eigenvalue weighted by atomic mass is 19.1. The first kappa shape index (κ1) is 14.3. The van der Waals surface area contributed by atoms with Gasteiger partial charge in [0.25, 0.3) is 0 Å². The molecule has 0 saturated carbocycles. The van der Waals surface area contributed by atoms with E-state index in [-0.39, 0.29) is 25.2 Å². The Kier molecular flexibility index (Phi) is 5.45. The van der Waals surface area contributed by atoms with Gasteiger partial charge >= 0.3 is 5.97 Å². The van der Waals surface area contributed by atoms with Crippen LogP contribution in [0.25, 0.3) is 0 Å². The topological polar surface area (TPSA) is 69.4 Å². The van der Waals surface area contributed by atoms with Crippen molar-refractivity contribution in [2.45, 2.75) is 25.8 Å². The molecule has 0 radical (unpaired) electrons. The number of carbonyl (C=O) groups is 2. The first-order valence-corrected chi connectivity index (χ1v) is 5.72. The fourth-order valence-corrected chi connectivity index (χ4v) is 1.50. The summed E-state index contributed by atoms with van der Waals surface area (Å²) in [4.78, 5) is 22.9. The molecule has 4 nitrogen and oxygen atoms in total. The van der Waals surface area contributed by atoms with Gasteiger partial charge in [0, 0.05) is 12.8 Å². The van der Waals surface area contributed by atoms with E-state index in [1.807, 2.05) is 0 Å². The molecule has 0 aliphatic carbocycles. The molecule has 1 aromatic rings. The van der Waals surface area contributed by atoms with E-state index in [1.165, 1.54) is 12.1 Å². The number of rotatable bonds is 6. The summed E-state index contributed by atoms with van der Waals surface area (Å²) in [6.07, 6.45) is -0.215. The summed E-state index contributed by atoms with van der Waals surface area (Å²) < 4.78 is 18.0. The Morgan fingerprint density at radius 3 is 2.67 bits per heavy atom. The second-order valence-electron chi connectivity index (χ2n) is 3.87. The molecule has 2 N–H and O–H groups in total. The minimum Gasteiger partial charge on any atom is -0.465 e. The van der Waals surface area contributed by atoms with Gasteiger partial charge in [0.15, 0.2) is 0 Å². The van der Waals surface area contributed by atoms with E-state index < -0.39 is 17.8 Å². The fourth-order valence-electron chi connectivity index (χ4n) is 1.50. The lowest BCUT2D eigenvalue weighted by Crippen LogP contribution is -2.34. The third-order valence-electron chi connectivity index (χ3n) is 2.38. The Labute approximate surface area is 105 Å².